The van der Waals surface area contributed by atoms with Crippen LogP contribution >= 0.6 is 0 Å². The van der Waals surface area contributed by atoms with Gasteiger partial charge in [0.25, 0.3) is 0 Å². The first-order chi connectivity index (χ1) is 17.2. The lowest BCUT2D eigenvalue weighted by Crippen LogP contribution is -2.58. The van der Waals surface area contributed by atoms with Crippen LogP contribution < -0.4 is 11.1 Å². The maximum atomic E-state index is 13.2. The molecule has 3 atom stereocenters. The van der Waals surface area contributed by atoms with Crippen LogP contribution in [-0.2, 0) is 22.4 Å². The molecular formula is C29H50N2O7. The number of piperidine rings is 1. The Bertz CT molecular complexity index is 1020. The molecule has 0 saturated carbocycles. The topological polar surface area (TPSA) is 181 Å². The normalized spacial score (nSPS) is 22.2. The van der Waals surface area contributed by atoms with E-state index in [9.17, 15) is 29.7 Å². The molecule has 1 aromatic carbocycles. The van der Waals surface area contributed by atoms with Gasteiger partial charge in [0.15, 0.2) is 5.78 Å². The van der Waals surface area contributed by atoms with E-state index in [0.29, 0.717) is 30.7 Å². The molecule has 1 aliphatic heterocycles. The number of primary amides is 1. The zero-order valence-electron chi connectivity index (χ0n) is 23.2. The lowest BCUT2D eigenvalue weighted by atomic mass is 9.72. The Labute approximate surface area is 228 Å². The van der Waals surface area contributed by atoms with Gasteiger partial charge in [0, 0.05) is 32.9 Å². The van der Waals surface area contributed by atoms with Crippen molar-refractivity contribution in [1.29, 1.82) is 0 Å². The van der Waals surface area contributed by atoms with Crippen LogP contribution in [0.5, 0.6) is 5.75 Å². The number of benzene rings is 1. The third-order valence-electron chi connectivity index (χ3n) is 8.06. The van der Waals surface area contributed by atoms with Crippen LogP contribution in [0.2, 0.25) is 0 Å². The number of nitrogens with two attached hydrogens (primary N) is 1. The number of carbonyl (C=O) groups is 3. The second-order valence-corrected chi connectivity index (χ2v) is 12.6. The van der Waals surface area contributed by atoms with Crippen LogP contribution in [-0.4, -0.2) is 62.6 Å². The summed E-state index contributed by atoms with van der Waals surface area (Å²) in [6.45, 7) is 8.18. The summed E-state index contributed by atoms with van der Waals surface area (Å²) in [6, 6.07) is 3.87. The Morgan fingerprint density at radius 1 is 1.11 bits per heavy atom. The highest BCUT2D eigenvalue weighted by Crippen LogP contribution is 2.41. The standard InChI is InChI=1S/C29H44N2O6.H2O.2H2/c1-28(2)14-18(15-29(3,4)31-28)11-21-6-5-20-10-17(12-24(35)26(20)27(21)37)9-19(7-8-32)22(16-33)23(34)13-25(30)36;;;/h5-6,17-19,22,31-33,37H,7-16H2,1-4H3,(H2,30,36);1H2;2*1H. The number of amides is 1. The molecule has 0 aromatic heterocycles. The van der Waals surface area contributed by atoms with E-state index >= 15 is 0 Å². The predicted molar refractivity (Wildman–Crippen MR) is 149 cm³/mol. The van der Waals surface area contributed by atoms with E-state index in [1.165, 1.54) is 0 Å². The molecular weight excluding hydrogens is 488 g/mol. The molecule has 38 heavy (non-hydrogen) atoms. The second-order valence-electron chi connectivity index (χ2n) is 12.6. The number of rotatable bonds is 11. The van der Waals surface area contributed by atoms with Crippen molar-refractivity contribution in [2.45, 2.75) is 90.1 Å². The first-order valence-electron chi connectivity index (χ1n) is 13.4. The van der Waals surface area contributed by atoms with Gasteiger partial charge in [0.05, 0.1) is 18.6 Å². The van der Waals surface area contributed by atoms with Gasteiger partial charge >= 0.3 is 0 Å². The van der Waals surface area contributed by atoms with Gasteiger partial charge < -0.3 is 31.8 Å². The zero-order valence-corrected chi connectivity index (χ0v) is 23.2. The average molecular weight is 539 g/mol. The fourth-order valence-corrected chi connectivity index (χ4v) is 7.12. The molecule has 2 aliphatic rings. The van der Waals surface area contributed by atoms with E-state index in [1.54, 1.807) is 0 Å². The Morgan fingerprint density at radius 3 is 2.29 bits per heavy atom. The summed E-state index contributed by atoms with van der Waals surface area (Å²) in [7, 11) is 0. The number of phenolic OH excluding ortho intramolecular Hbond substituents is 1. The molecule has 9 nitrogen and oxygen atoms in total. The minimum atomic E-state index is -0.814. The summed E-state index contributed by atoms with van der Waals surface area (Å²) in [6.07, 6.45) is 3.73. The molecule has 1 aliphatic carbocycles. The fourth-order valence-electron chi connectivity index (χ4n) is 7.12. The lowest BCUT2D eigenvalue weighted by molar-refractivity contribution is -0.131. The van der Waals surface area contributed by atoms with Crippen LogP contribution in [0.1, 0.15) is 90.6 Å². The Balaban J connectivity index is 0.00000507. The number of hydrogen-bond donors (Lipinski definition) is 5. The molecule has 218 valence electrons. The van der Waals surface area contributed by atoms with E-state index in [1.807, 2.05) is 12.1 Å². The van der Waals surface area contributed by atoms with Crippen LogP contribution in [0.3, 0.4) is 0 Å². The summed E-state index contributed by atoms with van der Waals surface area (Å²) in [5, 5.41) is 34.2. The Hall–Kier alpha value is -2.33. The number of phenols is 1. The molecule has 1 amide bonds. The van der Waals surface area contributed by atoms with E-state index in [2.05, 4.69) is 33.0 Å². The van der Waals surface area contributed by atoms with Crippen molar-refractivity contribution in [1.82, 2.24) is 5.32 Å². The van der Waals surface area contributed by atoms with E-state index in [-0.39, 0.29) is 62.2 Å². The van der Waals surface area contributed by atoms with Gasteiger partial charge in [-0.05, 0) is 95.1 Å². The molecule has 1 saturated heterocycles. The minimum absolute atomic E-state index is 0. The highest BCUT2D eigenvalue weighted by Gasteiger charge is 2.39. The zero-order chi connectivity index (χ0) is 27.5. The Kier molecular flexibility index (Phi) is 10.6. The van der Waals surface area contributed by atoms with Gasteiger partial charge in [0.1, 0.15) is 11.5 Å². The maximum Gasteiger partial charge on any atom is 0.224 e. The van der Waals surface area contributed by atoms with Crippen molar-refractivity contribution in [2.75, 3.05) is 13.2 Å². The molecule has 1 fully saturated rings. The quantitative estimate of drug-likeness (QED) is 0.268. The van der Waals surface area contributed by atoms with Crippen LogP contribution in [0.4, 0.5) is 0 Å². The molecule has 8 N–H and O–H groups in total. The molecule has 3 unspecified atom stereocenters. The molecule has 0 radical (unpaired) electrons. The molecule has 9 heteroatoms. The van der Waals surface area contributed by atoms with Crippen molar-refractivity contribution >= 4 is 17.5 Å². The number of aromatic hydroxyl groups is 1. The number of aliphatic hydroxyl groups is 2. The lowest BCUT2D eigenvalue weighted by Gasteiger charge is -2.46. The van der Waals surface area contributed by atoms with E-state index in [4.69, 9.17) is 5.73 Å². The number of carbonyl (C=O) groups excluding carboxylic acids is 3. The smallest absolute Gasteiger partial charge is 0.224 e. The van der Waals surface area contributed by atoms with Crippen LogP contribution in [0.15, 0.2) is 12.1 Å². The number of ketones is 2. The predicted octanol–water partition coefficient (Wildman–Crippen LogP) is 2.35. The van der Waals surface area contributed by atoms with E-state index < -0.39 is 30.6 Å². The highest BCUT2D eigenvalue weighted by atomic mass is 16.3. The summed E-state index contributed by atoms with van der Waals surface area (Å²) in [5.74, 6) is -2.13. The second kappa shape index (κ2) is 12.7. The molecule has 0 bridgehead atoms. The van der Waals surface area contributed by atoms with Gasteiger partial charge in [-0.3, -0.25) is 14.4 Å². The average Bonchev–Trinajstić information content (AvgIpc) is 2.73. The summed E-state index contributed by atoms with van der Waals surface area (Å²) >= 11 is 0. The van der Waals surface area contributed by atoms with E-state index in [0.717, 1.165) is 24.0 Å². The van der Waals surface area contributed by atoms with Crippen LogP contribution in [0, 0.1) is 23.7 Å². The monoisotopic (exact) mass is 538 g/mol. The van der Waals surface area contributed by atoms with Crippen molar-refractivity contribution in [3.63, 3.8) is 0 Å². The fraction of sp³-hybridized carbons (Fsp3) is 0.690. The van der Waals surface area contributed by atoms with Crippen molar-refractivity contribution in [2.24, 2.45) is 29.4 Å². The molecule has 0 spiro atoms. The number of aliphatic hydroxyl groups excluding tert-OH is 2. The number of Topliss-reactive ketones (excluding diaryl/α,β-unsaturated/α-hetero) is 2. The highest BCUT2D eigenvalue weighted by molar-refractivity contribution is 6.01. The largest absolute Gasteiger partial charge is 0.507 e. The summed E-state index contributed by atoms with van der Waals surface area (Å²) < 4.78 is 0. The van der Waals surface area contributed by atoms with Gasteiger partial charge in [0.2, 0.25) is 5.91 Å². The van der Waals surface area contributed by atoms with Gasteiger partial charge in [-0.1, -0.05) is 12.1 Å². The third kappa shape index (κ3) is 7.85. The molecule has 1 heterocycles. The molecule has 3 rings (SSSR count). The minimum Gasteiger partial charge on any atom is -0.507 e. The summed E-state index contributed by atoms with van der Waals surface area (Å²) in [4.78, 5) is 36.9. The van der Waals surface area contributed by atoms with Gasteiger partial charge in [-0.25, -0.2) is 0 Å². The van der Waals surface area contributed by atoms with Gasteiger partial charge in [-0.2, -0.15) is 0 Å². The molecule has 1 aromatic rings. The van der Waals surface area contributed by atoms with Crippen molar-refractivity contribution < 1.29 is 38.0 Å². The summed E-state index contributed by atoms with van der Waals surface area (Å²) in [5.41, 5.74) is 7.16. The number of nitrogens with one attached hydrogen (secondary N) is 1. The maximum absolute atomic E-state index is 13.2. The van der Waals surface area contributed by atoms with Crippen molar-refractivity contribution in [3.8, 4) is 5.75 Å². The number of fused-ring (bicyclic) bond motifs is 1. The Morgan fingerprint density at radius 2 is 1.74 bits per heavy atom. The SMILES string of the molecule is CC1(C)CC(Cc2ccc3c(c2O)C(=O)CC(CC(CCO)C(CO)C(=O)CC(N)=O)C3)CC(C)(C)N1.O.[HH].[HH]. The third-order valence-corrected chi connectivity index (χ3v) is 8.06. The van der Waals surface area contributed by atoms with Crippen LogP contribution in [0.25, 0.3) is 0 Å². The van der Waals surface area contributed by atoms with Gasteiger partial charge in [-0.15, -0.1) is 0 Å². The number of hydrogen-bond acceptors (Lipinski definition) is 7. The first kappa shape index (κ1) is 31.9. The first-order valence-corrected chi connectivity index (χ1v) is 13.4. The van der Waals surface area contributed by atoms with Crippen molar-refractivity contribution in [3.05, 3.63) is 28.8 Å².